The van der Waals surface area contributed by atoms with Crippen LogP contribution in [-0.4, -0.2) is 24.3 Å². The van der Waals surface area contributed by atoms with Crippen LogP contribution in [0.15, 0.2) is 47.6 Å². The second-order valence-electron chi connectivity index (χ2n) is 9.74. The van der Waals surface area contributed by atoms with Crippen molar-refractivity contribution < 1.29 is 14.6 Å². The predicted octanol–water partition coefficient (Wildman–Crippen LogP) is 6.70. The summed E-state index contributed by atoms with van der Waals surface area (Å²) in [5.74, 6) is 7.84. The van der Waals surface area contributed by atoms with E-state index < -0.39 is 0 Å². The van der Waals surface area contributed by atoms with Gasteiger partial charge in [-0.1, -0.05) is 44.7 Å². The summed E-state index contributed by atoms with van der Waals surface area (Å²) in [5.41, 5.74) is 4.72. The highest BCUT2D eigenvalue weighted by Crippen LogP contribution is 2.58. The van der Waals surface area contributed by atoms with Gasteiger partial charge in [-0.15, -0.1) is 11.8 Å². The molecule has 0 aromatic carbocycles. The molecular formula is C29H42O3. The monoisotopic (exact) mass is 438 g/mol. The second-order valence-corrected chi connectivity index (χ2v) is 9.74. The molecule has 0 aromatic heterocycles. The molecule has 0 heterocycles. The zero-order chi connectivity index (χ0) is 23.7. The third-order valence-electron chi connectivity index (χ3n) is 7.58. The van der Waals surface area contributed by atoms with Gasteiger partial charge in [-0.25, -0.2) is 4.79 Å². The number of carbonyl (C=O) groups excluding carboxylic acids is 1. The highest BCUT2D eigenvalue weighted by atomic mass is 16.5. The standard InChI is InChI=1S/C24H34O.C5H8O2/c1-4-5-6-11-21-15-16-22-20(10-8-17-24(21,22)3)14-13-19-9-7-12-23(25)18(19)2;1-4(2)5(6)7-3/h13-14,21-23,25H,2,4,7-12,15-17H2,1,3H3;1H2,2-3H3/b19-13-,20-14+;. The predicted molar refractivity (Wildman–Crippen MR) is 133 cm³/mol. The van der Waals surface area contributed by atoms with Crippen molar-refractivity contribution in [3.8, 4) is 11.8 Å². The van der Waals surface area contributed by atoms with Crippen LogP contribution in [-0.2, 0) is 9.53 Å². The van der Waals surface area contributed by atoms with Crippen molar-refractivity contribution in [1.82, 2.24) is 0 Å². The molecule has 3 aliphatic rings. The van der Waals surface area contributed by atoms with E-state index in [1.165, 1.54) is 44.8 Å². The summed E-state index contributed by atoms with van der Waals surface area (Å²) in [6, 6.07) is 0. The fourth-order valence-corrected chi connectivity index (χ4v) is 5.61. The summed E-state index contributed by atoms with van der Waals surface area (Å²) in [6.07, 6.45) is 16.0. The average Bonchev–Trinajstić information content (AvgIpc) is 3.11. The van der Waals surface area contributed by atoms with Gasteiger partial charge in [0.1, 0.15) is 0 Å². The third kappa shape index (κ3) is 6.48. The smallest absolute Gasteiger partial charge is 0.332 e. The van der Waals surface area contributed by atoms with Gasteiger partial charge in [-0.2, -0.15) is 0 Å². The number of carbonyl (C=O) groups is 1. The van der Waals surface area contributed by atoms with E-state index in [1.54, 1.807) is 12.5 Å². The first-order valence-electron chi connectivity index (χ1n) is 12.2. The van der Waals surface area contributed by atoms with Crippen molar-refractivity contribution in [3.63, 3.8) is 0 Å². The van der Waals surface area contributed by atoms with E-state index in [0.717, 1.165) is 49.5 Å². The van der Waals surface area contributed by atoms with Gasteiger partial charge in [0.25, 0.3) is 0 Å². The first-order chi connectivity index (χ1) is 15.2. The summed E-state index contributed by atoms with van der Waals surface area (Å²) in [7, 11) is 1.33. The van der Waals surface area contributed by atoms with E-state index in [-0.39, 0.29) is 12.1 Å². The number of allylic oxidation sites excluding steroid dienone is 3. The molecule has 1 N–H and O–H groups in total. The molecule has 0 amide bonds. The van der Waals surface area contributed by atoms with Gasteiger partial charge in [0.2, 0.25) is 0 Å². The third-order valence-corrected chi connectivity index (χ3v) is 7.58. The van der Waals surface area contributed by atoms with Gasteiger partial charge in [0.15, 0.2) is 0 Å². The largest absolute Gasteiger partial charge is 0.466 e. The van der Waals surface area contributed by atoms with Crippen LogP contribution < -0.4 is 0 Å². The number of hydrogen-bond donors (Lipinski definition) is 1. The molecule has 0 bridgehead atoms. The summed E-state index contributed by atoms with van der Waals surface area (Å²) < 4.78 is 4.27. The lowest BCUT2D eigenvalue weighted by Gasteiger charge is -2.42. The first kappa shape index (κ1) is 26.2. The Labute approximate surface area is 195 Å². The molecule has 3 fully saturated rings. The summed E-state index contributed by atoms with van der Waals surface area (Å²) in [4.78, 5) is 10.2. The highest BCUT2D eigenvalue weighted by molar-refractivity contribution is 5.86. The Kier molecular flexibility index (Phi) is 10.0. The molecule has 0 saturated heterocycles. The molecular weight excluding hydrogens is 396 g/mol. The summed E-state index contributed by atoms with van der Waals surface area (Å²) >= 11 is 0. The molecule has 3 rings (SSSR count). The summed E-state index contributed by atoms with van der Waals surface area (Å²) in [5, 5.41) is 10.0. The van der Waals surface area contributed by atoms with Crippen LogP contribution in [0.3, 0.4) is 0 Å². The molecule has 0 radical (unpaired) electrons. The molecule has 3 nitrogen and oxygen atoms in total. The quantitative estimate of drug-likeness (QED) is 0.303. The molecule has 4 unspecified atom stereocenters. The maximum Gasteiger partial charge on any atom is 0.332 e. The fourth-order valence-electron chi connectivity index (χ4n) is 5.61. The van der Waals surface area contributed by atoms with Gasteiger partial charge in [0.05, 0.1) is 13.2 Å². The molecule has 3 heteroatoms. The van der Waals surface area contributed by atoms with Gasteiger partial charge in [0, 0.05) is 18.4 Å². The maximum absolute atomic E-state index is 10.2. The molecule has 4 atom stereocenters. The Bertz CT molecular complexity index is 819. The molecule has 0 aromatic rings. The van der Waals surface area contributed by atoms with Crippen molar-refractivity contribution in [3.05, 3.63) is 47.6 Å². The number of hydrogen-bond acceptors (Lipinski definition) is 3. The van der Waals surface area contributed by atoms with Crippen LogP contribution in [0.1, 0.15) is 85.0 Å². The molecule has 176 valence electrons. The topological polar surface area (TPSA) is 46.5 Å². The minimum atomic E-state index is -0.347. The van der Waals surface area contributed by atoms with Gasteiger partial charge < -0.3 is 9.84 Å². The average molecular weight is 439 g/mol. The van der Waals surface area contributed by atoms with Crippen LogP contribution in [0.4, 0.5) is 0 Å². The minimum absolute atomic E-state index is 0.331. The Hall–Kier alpha value is -2.05. The van der Waals surface area contributed by atoms with E-state index in [2.05, 4.69) is 55.7 Å². The number of aliphatic hydroxyl groups excluding tert-OH is 1. The second kappa shape index (κ2) is 12.3. The number of methoxy groups -OCH3 is 1. The van der Waals surface area contributed by atoms with Crippen molar-refractivity contribution in [2.45, 2.75) is 91.1 Å². The first-order valence-corrected chi connectivity index (χ1v) is 12.2. The molecule has 32 heavy (non-hydrogen) atoms. The molecule has 3 saturated carbocycles. The zero-order valence-corrected chi connectivity index (χ0v) is 20.6. The normalized spacial score (nSPS) is 31.8. The number of aliphatic hydroxyl groups is 1. The highest BCUT2D eigenvalue weighted by Gasteiger charge is 2.48. The Morgan fingerprint density at radius 2 is 1.97 bits per heavy atom. The fraction of sp³-hybridized carbons (Fsp3) is 0.621. The van der Waals surface area contributed by atoms with Crippen LogP contribution in [0, 0.1) is 29.1 Å². The summed E-state index contributed by atoms with van der Waals surface area (Å²) in [6.45, 7) is 13.7. The number of ether oxygens (including phenoxy) is 1. The Morgan fingerprint density at radius 1 is 1.22 bits per heavy atom. The van der Waals surface area contributed by atoms with Gasteiger partial charge >= 0.3 is 5.97 Å². The van der Waals surface area contributed by atoms with Crippen molar-refractivity contribution >= 4 is 5.97 Å². The van der Waals surface area contributed by atoms with Crippen molar-refractivity contribution in [1.29, 1.82) is 0 Å². The Balaban J connectivity index is 0.000000451. The van der Waals surface area contributed by atoms with Crippen molar-refractivity contribution in [2.75, 3.05) is 7.11 Å². The Morgan fingerprint density at radius 3 is 2.59 bits per heavy atom. The lowest BCUT2D eigenvalue weighted by atomic mass is 9.63. The van der Waals surface area contributed by atoms with Gasteiger partial charge in [-0.3, -0.25) is 0 Å². The lowest BCUT2D eigenvalue weighted by Crippen LogP contribution is -2.33. The van der Waals surface area contributed by atoms with E-state index in [4.69, 9.17) is 0 Å². The number of rotatable bonds is 3. The lowest BCUT2D eigenvalue weighted by molar-refractivity contribution is -0.136. The van der Waals surface area contributed by atoms with Crippen LogP contribution in [0.5, 0.6) is 0 Å². The molecule has 0 aliphatic heterocycles. The SMILES string of the molecule is C=C(C)C(=O)OC.C=C1/C(=C\C=C2/CCCC3(C)C(CC#CCC)CCC23)CCCC1O. The van der Waals surface area contributed by atoms with Crippen LogP contribution >= 0.6 is 0 Å². The van der Waals surface area contributed by atoms with E-state index in [9.17, 15) is 9.90 Å². The van der Waals surface area contributed by atoms with Gasteiger partial charge in [-0.05, 0) is 86.7 Å². The number of fused-ring (bicyclic) bond motifs is 1. The van der Waals surface area contributed by atoms with E-state index in [0.29, 0.717) is 11.0 Å². The molecule has 0 spiro atoms. The van der Waals surface area contributed by atoms with E-state index >= 15 is 0 Å². The van der Waals surface area contributed by atoms with Crippen LogP contribution in [0.2, 0.25) is 0 Å². The molecule has 3 aliphatic carbocycles. The maximum atomic E-state index is 10.2. The van der Waals surface area contributed by atoms with E-state index in [1.807, 2.05) is 0 Å². The van der Waals surface area contributed by atoms with Crippen molar-refractivity contribution in [2.24, 2.45) is 17.3 Å². The van der Waals surface area contributed by atoms with Crippen LogP contribution in [0.25, 0.3) is 0 Å². The number of esters is 1. The minimum Gasteiger partial charge on any atom is -0.466 e. The zero-order valence-electron chi connectivity index (χ0n) is 20.6.